The quantitative estimate of drug-likeness (QED) is 0.644. The summed E-state index contributed by atoms with van der Waals surface area (Å²) in [6.45, 7) is 0. The molecule has 0 aliphatic carbocycles. The average Bonchev–Trinajstić information content (AvgIpc) is 2.84. The van der Waals surface area contributed by atoms with Crippen molar-refractivity contribution in [1.82, 2.24) is 20.0 Å². The van der Waals surface area contributed by atoms with Crippen LogP contribution in [0.4, 0.5) is 5.82 Å². The lowest BCUT2D eigenvalue weighted by atomic mass is 10.2. The molecule has 3 aromatic rings. The van der Waals surface area contributed by atoms with E-state index in [0.29, 0.717) is 5.82 Å². The average molecular weight is 213 g/mol. The van der Waals surface area contributed by atoms with E-state index >= 15 is 0 Å². The molecule has 5 nitrogen and oxygen atoms in total. The smallest absolute Gasteiger partial charge is 0.145 e. The van der Waals surface area contributed by atoms with Crippen LogP contribution in [0.3, 0.4) is 0 Å². The first-order valence-corrected chi connectivity index (χ1v) is 4.99. The minimum Gasteiger partial charge on any atom is -0.382 e. The van der Waals surface area contributed by atoms with E-state index < -0.39 is 0 Å². The molecular formula is C11H11N5. The van der Waals surface area contributed by atoms with E-state index in [-0.39, 0.29) is 0 Å². The number of anilines is 1. The highest BCUT2D eigenvalue weighted by atomic mass is 15.3. The highest BCUT2D eigenvalue weighted by molar-refractivity contribution is 5.92. The zero-order chi connectivity index (χ0) is 11.1. The highest BCUT2D eigenvalue weighted by Crippen LogP contribution is 2.26. The molecule has 80 valence electrons. The van der Waals surface area contributed by atoms with Crippen molar-refractivity contribution in [1.29, 1.82) is 0 Å². The van der Waals surface area contributed by atoms with Crippen molar-refractivity contribution in [3.8, 4) is 11.4 Å². The van der Waals surface area contributed by atoms with E-state index in [9.17, 15) is 0 Å². The maximum absolute atomic E-state index is 5.59. The highest BCUT2D eigenvalue weighted by Gasteiger charge is 2.11. The topological polar surface area (TPSA) is 72.5 Å². The number of rotatable bonds is 1. The van der Waals surface area contributed by atoms with Gasteiger partial charge in [0.2, 0.25) is 0 Å². The molecule has 5 heteroatoms. The molecule has 0 unspecified atom stereocenters. The third kappa shape index (κ3) is 1.18. The van der Waals surface area contributed by atoms with Gasteiger partial charge in [-0.1, -0.05) is 18.2 Å². The third-order valence-electron chi connectivity index (χ3n) is 2.61. The Kier molecular flexibility index (Phi) is 1.73. The van der Waals surface area contributed by atoms with Crippen LogP contribution in [0.5, 0.6) is 0 Å². The summed E-state index contributed by atoms with van der Waals surface area (Å²) in [6.07, 6.45) is 0. The normalized spacial score (nSPS) is 11.1. The minimum atomic E-state index is 0.477. The number of aryl methyl sites for hydroxylation is 1. The standard InChI is InChI=1S/C11H11N5/c1-16-9-5-3-2-4-7(9)11(15-16)8-6-10(12)14-13-8/h2-6H,1H3,(H3,12,13,14). The fraction of sp³-hybridized carbons (Fsp3) is 0.0909. The molecule has 0 saturated carbocycles. The lowest BCUT2D eigenvalue weighted by Crippen LogP contribution is -1.89. The van der Waals surface area contributed by atoms with Crippen LogP contribution in [0.15, 0.2) is 30.3 Å². The fourth-order valence-corrected chi connectivity index (χ4v) is 1.87. The van der Waals surface area contributed by atoms with Gasteiger partial charge in [-0.15, -0.1) is 0 Å². The number of nitrogen functional groups attached to an aromatic ring is 1. The zero-order valence-electron chi connectivity index (χ0n) is 8.81. The summed E-state index contributed by atoms with van der Waals surface area (Å²) in [5.41, 5.74) is 8.40. The largest absolute Gasteiger partial charge is 0.382 e. The van der Waals surface area contributed by atoms with Gasteiger partial charge in [-0.3, -0.25) is 9.78 Å². The lowest BCUT2D eigenvalue weighted by Gasteiger charge is -1.91. The van der Waals surface area contributed by atoms with Crippen LogP contribution in [-0.2, 0) is 7.05 Å². The van der Waals surface area contributed by atoms with Crippen LogP contribution < -0.4 is 5.73 Å². The van der Waals surface area contributed by atoms with Crippen molar-refractivity contribution in [2.75, 3.05) is 5.73 Å². The maximum Gasteiger partial charge on any atom is 0.145 e. The van der Waals surface area contributed by atoms with Crippen molar-refractivity contribution in [2.45, 2.75) is 0 Å². The molecule has 3 N–H and O–H groups in total. The molecule has 2 aromatic heterocycles. The van der Waals surface area contributed by atoms with Gasteiger partial charge in [0.25, 0.3) is 0 Å². The summed E-state index contributed by atoms with van der Waals surface area (Å²) < 4.78 is 1.85. The Morgan fingerprint density at radius 2 is 2.12 bits per heavy atom. The minimum absolute atomic E-state index is 0.477. The second kappa shape index (κ2) is 3.10. The van der Waals surface area contributed by atoms with E-state index in [1.54, 1.807) is 6.07 Å². The molecule has 0 fully saturated rings. The Morgan fingerprint density at radius 3 is 2.88 bits per heavy atom. The number of nitrogens with two attached hydrogens (primary N) is 1. The van der Waals surface area contributed by atoms with Gasteiger partial charge in [0.1, 0.15) is 11.5 Å². The van der Waals surface area contributed by atoms with Crippen LogP contribution in [-0.4, -0.2) is 20.0 Å². The Morgan fingerprint density at radius 1 is 1.31 bits per heavy atom. The van der Waals surface area contributed by atoms with Crippen LogP contribution >= 0.6 is 0 Å². The van der Waals surface area contributed by atoms with Crippen molar-refractivity contribution < 1.29 is 0 Å². The first-order chi connectivity index (χ1) is 7.75. The molecule has 3 rings (SSSR count). The molecule has 0 aliphatic heterocycles. The number of H-pyrrole nitrogens is 1. The van der Waals surface area contributed by atoms with Gasteiger partial charge in [0, 0.05) is 18.5 Å². The summed E-state index contributed by atoms with van der Waals surface area (Å²) in [4.78, 5) is 0. The number of nitrogens with zero attached hydrogens (tertiary/aromatic N) is 3. The fourth-order valence-electron chi connectivity index (χ4n) is 1.87. The lowest BCUT2D eigenvalue weighted by molar-refractivity contribution is 0.799. The predicted molar refractivity (Wildman–Crippen MR) is 62.7 cm³/mol. The van der Waals surface area contributed by atoms with Gasteiger partial charge in [-0.25, -0.2) is 0 Å². The molecule has 0 atom stereocenters. The number of hydrogen-bond donors (Lipinski definition) is 2. The second-order valence-electron chi connectivity index (χ2n) is 3.70. The summed E-state index contributed by atoms with van der Waals surface area (Å²) >= 11 is 0. The predicted octanol–water partition coefficient (Wildman–Crippen LogP) is 1.55. The first-order valence-electron chi connectivity index (χ1n) is 4.99. The summed E-state index contributed by atoms with van der Waals surface area (Å²) in [5, 5.41) is 12.3. The maximum atomic E-state index is 5.59. The van der Waals surface area contributed by atoms with Crippen LogP contribution in [0.25, 0.3) is 22.3 Å². The zero-order valence-corrected chi connectivity index (χ0v) is 8.81. The van der Waals surface area contributed by atoms with E-state index in [1.165, 1.54) is 0 Å². The molecule has 0 amide bonds. The number of fused-ring (bicyclic) bond motifs is 1. The Balaban J connectivity index is 2.32. The second-order valence-corrected chi connectivity index (χ2v) is 3.70. The van der Waals surface area contributed by atoms with Gasteiger partial charge in [-0.05, 0) is 6.07 Å². The number of benzene rings is 1. The van der Waals surface area contributed by atoms with Crippen LogP contribution in [0, 0.1) is 0 Å². The van der Waals surface area contributed by atoms with Gasteiger partial charge in [-0.2, -0.15) is 10.2 Å². The van der Waals surface area contributed by atoms with Crippen molar-refractivity contribution in [3.05, 3.63) is 30.3 Å². The van der Waals surface area contributed by atoms with E-state index in [2.05, 4.69) is 15.3 Å². The number of para-hydroxylation sites is 1. The van der Waals surface area contributed by atoms with Crippen molar-refractivity contribution >= 4 is 16.7 Å². The van der Waals surface area contributed by atoms with Crippen LogP contribution in [0.2, 0.25) is 0 Å². The van der Waals surface area contributed by atoms with E-state index in [1.807, 2.05) is 36.0 Å². The number of nitrogens with one attached hydrogen (secondary N) is 1. The number of aromatic amines is 1. The summed E-state index contributed by atoms with van der Waals surface area (Å²) in [6, 6.07) is 9.84. The Bertz CT molecular complexity index is 649. The van der Waals surface area contributed by atoms with E-state index in [0.717, 1.165) is 22.3 Å². The molecule has 1 aromatic carbocycles. The van der Waals surface area contributed by atoms with Gasteiger partial charge < -0.3 is 5.73 Å². The molecule has 0 aliphatic rings. The molecule has 0 bridgehead atoms. The van der Waals surface area contributed by atoms with Gasteiger partial charge in [0.15, 0.2) is 0 Å². The third-order valence-corrected chi connectivity index (χ3v) is 2.61. The summed E-state index contributed by atoms with van der Waals surface area (Å²) in [7, 11) is 1.92. The molecule has 2 heterocycles. The molecule has 16 heavy (non-hydrogen) atoms. The monoisotopic (exact) mass is 213 g/mol. The SMILES string of the molecule is Cn1nc(-c2cc(N)n[nH]2)c2ccccc21. The Hall–Kier alpha value is -2.30. The van der Waals surface area contributed by atoms with Gasteiger partial charge in [0.05, 0.1) is 11.2 Å². The van der Waals surface area contributed by atoms with E-state index in [4.69, 9.17) is 5.73 Å². The van der Waals surface area contributed by atoms with Gasteiger partial charge >= 0.3 is 0 Å². The molecule has 0 saturated heterocycles. The molecule has 0 radical (unpaired) electrons. The number of aromatic nitrogens is 4. The Labute approximate surface area is 91.9 Å². The number of hydrogen-bond acceptors (Lipinski definition) is 3. The van der Waals surface area contributed by atoms with Crippen molar-refractivity contribution in [2.24, 2.45) is 7.05 Å². The van der Waals surface area contributed by atoms with Crippen molar-refractivity contribution in [3.63, 3.8) is 0 Å². The summed E-state index contributed by atoms with van der Waals surface area (Å²) in [5.74, 6) is 0.477. The van der Waals surface area contributed by atoms with Crippen LogP contribution in [0.1, 0.15) is 0 Å². The molecule has 0 spiro atoms. The first kappa shape index (κ1) is 8.96. The molecular weight excluding hydrogens is 202 g/mol.